The summed E-state index contributed by atoms with van der Waals surface area (Å²) in [6.07, 6.45) is 0. The molecule has 0 aliphatic rings. The van der Waals surface area contributed by atoms with Crippen molar-refractivity contribution in [2.75, 3.05) is 11.9 Å². The number of carbonyl (C=O) groups is 1. The minimum absolute atomic E-state index is 0.0215. The minimum atomic E-state index is -0.0215. The molecule has 1 amide bonds. The molecule has 2 aromatic carbocycles. The summed E-state index contributed by atoms with van der Waals surface area (Å²) in [5, 5.41) is 5.94. The summed E-state index contributed by atoms with van der Waals surface area (Å²) in [6.45, 7) is 0.823. The molecule has 0 bridgehead atoms. The number of benzene rings is 2. The Kier molecular flexibility index (Phi) is 4.98. The molecule has 0 aliphatic carbocycles. The zero-order valence-electron chi connectivity index (χ0n) is 10.4. The third-order valence-electron chi connectivity index (χ3n) is 2.63. The van der Waals surface area contributed by atoms with Gasteiger partial charge >= 0.3 is 0 Å². The van der Waals surface area contributed by atoms with Crippen LogP contribution in [0.3, 0.4) is 0 Å². The Morgan fingerprint density at radius 1 is 1.00 bits per heavy atom. The number of nitrogens with one attached hydrogen (secondary N) is 2. The lowest BCUT2D eigenvalue weighted by molar-refractivity contribution is -0.119. The van der Waals surface area contributed by atoms with Gasteiger partial charge in [-0.15, -0.1) is 0 Å². The molecule has 0 fully saturated rings. The van der Waals surface area contributed by atoms with Gasteiger partial charge < -0.3 is 10.6 Å². The Balaban J connectivity index is 1.74. The van der Waals surface area contributed by atoms with Crippen LogP contribution in [0.2, 0.25) is 0 Å². The molecule has 0 atom stereocenters. The van der Waals surface area contributed by atoms with Gasteiger partial charge in [0.05, 0.1) is 6.54 Å². The fourth-order valence-corrected chi connectivity index (χ4v) is 1.87. The van der Waals surface area contributed by atoms with Crippen molar-refractivity contribution in [3.05, 3.63) is 64.6 Å². The van der Waals surface area contributed by atoms with Crippen LogP contribution in [0.15, 0.2) is 59.1 Å². The smallest absolute Gasteiger partial charge is 0.239 e. The first kappa shape index (κ1) is 13.6. The molecule has 0 unspecified atom stereocenters. The number of halogens is 1. The highest BCUT2D eigenvalue weighted by Crippen LogP contribution is 2.10. The maximum atomic E-state index is 11.7. The van der Waals surface area contributed by atoms with E-state index in [0.29, 0.717) is 6.54 Å². The first-order valence-corrected chi connectivity index (χ1v) is 6.83. The first-order chi connectivity index (χ1) is 9.24. The molecule has 98 valence electrons. The Hall–Kier alpha value is -1.81. The maximum absolute atomic E-state index is 11.7. The quantitative estimate of drug-likeness (QED) is 0.889. The lowest BCUT2D eigenvalue weighted by atomic mass is 10.2. The molecule has 0 spiro atoms. The van der Waals surface area contributed by atoms with Gasteiger partial charge in [0.2, 0.25) is 5.91 Å². The zero-order chi connectivity index (χ0) is 13.5. The normalized spacial score (nSPS) is 9.95. The Bertz CT molecular complexity index is 526. The van der Waals surface area contributed by atoms with Crippen molar-refractivity contribution in [2.24, 2.45) is 0 Å². The van der Waals surface area contributed by atoms with Crippen molar-refractivity contribution in [2.45, 2.75) is 6.54 Å². The summed E-state index contributed by atoms with van der Waals surface area (Å²) in [6, 6.07) is 17.6. The second kappa shape index (κ2) is 6.95. The SMILES string of the molecule is O=C(CNc1ccccc1)NCc1ccc(Br)cc1. The molecule has 2 rings (SSSR count). The van der Waals surface area contributed by atoms with Crippen molar-refractivity contribution in [3.63, 3.8) is 0 Å². The van der Waals surface area contributed by atoms with Gasteiger partial charge in [0.15, 0.2) is 0 Å². The molecule has 4 heteroatoms. The molecule has 2 N–H and O–H groups in total. The van der Waals surface area contributed by atoms with E-state index >= 15 is 0 Å². The topological polar surface area (TPSA) is 41.1 Å². The van der Waals surface area contributed by atoms with E-state index in [-0.39, 0.29) is 12.5 Å². The molecule has 0 aromatic heterocycles. The van der Waals surface area contributed by atoms with Crippen LogP contribution in [0.1, 0.15) is 5.56 Å². The maximum Gasteiger partial charge on any atom is 0.239 e. The first-order valence-electron chi connectivity index (χ1n) is 6.04. The third kappa shape index (κ3) is 4.75. The van der Waals surface area contributed by atoms with Gasteiger partial charge in [-0.2, -0.15) is 0 Å². The van der Waals surface area contributed by atoms with Crippen LogP contribution in [0.4, 0.5) is 5.69 Å². The van der Waals surface area contributed by atoms with E-state index in [1.54, 1.807) is 0 Å². The fraction of sp³-hybridized carbons (Fsp3) is 0.133. The van der Waals surface area contributed by atoms with E-state index < -0.39 is 0 Å². The number of hydrogen-bond acceptors (Lipinski definition) is 2. The van der Waals surface area contributed by atoms with Crippen molar-refractivity contribution < 1.29 is 4.79 Å². The summed E-state index contributed by atoms with van der Waals surface area (Å²) in [7, 11) is 0. The monoisotopic (exact) mass is 318 g/mol. The molecular weight excluding hydrogens is 304 g/mol. The van der Waals surface area contributed by atoms with Crippen LogP contribution in [0, 0.1) is 0 Å². The van der Waals surface area contributed by atoms with Crippen molar-refractivity contribution in [1.82, 2.24) is 5.32 Å². The predicted molar refractivity (Wildman–Crippen MR) is 80.9 cm³/mol. The van der Waals surface area contributed by atoms with Gasteiger partial charge in [0.25, 0.3) is 0 Å². The average Bonchev–Trinajstić information content (AvgIpc) is 2.45. The Morgan fingerprint density at radius 3 is 2.37 bits per heavy atom. The van der Waals surface area contributed by atoms with Crippen molar-refractivity contribution in [3.8, 4) is 0 Å². The van der Waals surface area contributed by atoms with Crippen molar-refractivity contribution >= 4 is 27.5 Å². The lowest BCUT2D eigenvalue weighted by Gasteiger charge is -2.07. The van der Waals surface area contributed by atoms with E-state index in [1.807, 2.05) is 54.6 Å². The van der Waals surface area contributed by atoms with E-state index in [4.69, 9.17) is 0 Å². The zero-order valence-corrected chi connectivity index (χ0v) is 12.0. The molecule has 0 heterocycles. The minimum Gasteiger partial charge on any atom is -0.376 e. The molecule has 0 aliphatic heterocycles. The summed E-state index contributed by atoms with van der Waals surface area (Å²) in [5.74, 6) is -0.0215. The molecule has 2 aromatic rings. The van der Waals surface area contributed by atoms with E-state index in [1.165, 1.54) is 0 Å². The van der Waals surface area contributed by atoms with Crippen molar-refractivity contribution in [1.29, 1.82) is 0 Å². The third-order valence-corrected chi connectivity index (χ3v) is 3.16. The lowest BCUT2D eigenvalue weighted by Crippen LogP contribution is -2.29. The fourth-order valence-electron chi connectivity index (χ4n) is 1.60. The molecule has 3 nitrogen and oxygen atoms in total. The van der Waals surface area contributed by atoms with Crippen LogP contribution in [0.25, 0.3) is 0 Å². The summed E-state index contributed by atoms with van der Waals surface area (Å²) < 4.78 is 1.04. The Morgan fingerprint density at radius 2 is 1.68 bits per heavy atom. The highest BCUT2D eigenvalue weighted by Gasteiger charge is 2.01. The summed E-state index contributed by atoms with van der Waals surface area (Å²) in [5.41, 5.74) is 2.03. The average molecular weight is 319 g/mol. The van der Waals surface area contributed by atoms with Crippen LogP contribution in [-0.4, -0.2) is 12.5 Å². The van der Waals surface area contributed by atoms with E-state index in [9.17, 15) is 4.79 Å². The van der Waals surface area contributed by atoms with Crippen LogP contribution in [0.5, 0.6) is 0 Å². The van der Waals surface area contributed by atoms with Gasteiger partial charge in [-0.25, -0.2) is 0 Å². The van der Waals surface area contributed by atoms with Crippen LogP contribution in [-0.2, 0) is 11.3 Å². The largest absolute Gasteiger partial charge is 0.376 e. The second-order valence-electron chi connectivity index (χ2n) is 4.12. The number of hydrogen-bond donors (Lipinski definition) is 2. The second-order valence-corrected chi connectivity index (χ2v) is 5.04. The van der Waals surface area contributed by atoms with Gasteiger partial charge in [0.1, 0.15) is 0 Å². The van der Waals surface area contributed by atoms with Gasteiger partial charge in [-0.05, 0) is 29.8 Å². The molecule has 0 radical (unpaired) electrons. The highest BCUT2D eigenvalue weighted by atomic mass is 79.9. The van der Waals surface area contributed by atoms with Gasteiger partial charge in [0, 0.05) is 16.7 Å². The van der Waals surface area contributed by atoms with Crippen LogP contribution >= 0.6 is 15.9 Å². The number of carbonyl (C=O) groups excluding carboxylic acids is 1. The summed E-state index contributed by atoms with van der Waals surface area (Å²) >= 11 is 3.38. The summed E-state index contributed by atoms with van der Waals surface area (Å²) in [4.78, 5) is 11.7. The van der Waals surface area contributed by atoms with E-state index in [2.05, 4.69) is 26.6 Å². The molecule has 0 saturated carbocycles. The predicted octanol–water partition coefficient (Wildman–Crippen LogP) is 3.18. The Labute approximate surface area is 121 Å². The molecule has 19 heavy (non-hydrogen) atoms. The highest BCUT2D eigenvalue weighted by molar-refractivity contribution is 9.10. The molecule has 0 saturated heterocycles. The van der Waals surface area contributed by atoms with E-state index in [0.717, 1.165) is 15.7 Å². The number of amides is 1. The number of para-hydroxylation sites is 1. The van der Waals surface area contributed by atoms with Gasteiger partial charge in [-0.1, -0.05) is 46.3 Å². The standard InChI is InChI=1S/C15H15BrN2O/c16-13-8-6-12(7-9-13)10-18-15(19)11-17-14-4-2-1-3-5-14/h1-9,17H,10-11H2,(H,18,19). The van der Waals surface area contributed by atoms with Gasteiger partial charge in [-0.3, -0.25) is 4.79 Å². The molecular formula is C15H15BrN2O. The number of rotatable bonds is 5. The number of anilines is 1. The van der Waals surface area contributed by atoms with Crippen LogP contribution < -0.4 is 10.6 Å².